The fourth-order valence-electron chi connectivity index (χ4n) is 3.11. The zero-order chi connectivity index (χ0) is 18.7. The molecule has 5 nitrogen and oxygen atoms in total. The van der Waals surface area contributed by atoms with E-state index in [0.717, 1.165) is 11.3 Å². The van der Waals surface area contributed by atoms with Crippen molar-refractivity contribution >= 4 is 27.3 Å². The molecule has 0 amide bonds. The smallest absolute Gasteiger partial charge is 0.246 e. The predicted molar refractivity (Wildman–Crippen MR) is 105 cm³/mol. The molecule has 1 aliphatic heterocycles. The van der Waals surface area contributed by atoms with Crippen LogP contribution in [0.3, 0.4) is 0 Å². The quantitative estimate of drug-likeness (QED) is 0.778. The van der Waals surface area contributed by atoms with Gasteiger partial charge in [-0.15, -0.1) is 0 Å². The Morgan fingerprint density at radius 1 is 1.08 bits per heavy atom. The molecule has 3 rings (SSSR count). The average Bonchev–Trinajstić information content (AvgIpc) is 2.62. The van der Waals surface area contributed by atoms with Gasteiger partial charge in [0.2, 0.25) is 10.0 Å². The van der Waals surface area contributed by atoms with Crippen LogP contribution < -0.4 is 9.64 Å². The third-order valence-corrected chi connectivity index (χ3v) is 6.71. The van der Waals surface area contributed by atoms with Crippen LogP contribution in [0.25, 0.3) is 0 Å². The van der Waals surface area contributed by atoms with E-state index in [-0.39, 0.29) is 4.90 Å². The van der Waals surface area contributed by atoms with E-state index in [2.05, 4.69) is 4.90 Å². The molecule has 140 valence electrons. The number of hydrogen-bond donors (Lipinski definition) is 0. The van der Waals surface area contributed by atoms with Crippen molar-refractivity contribution in [2.45, 2.75) is 18.7 Å². The Morgan fingerprint density at radius 3 is 2.42 bits per heavy atom. The molecule has 7 heteroatoms. The van der Waals surface area contributed by atoms with Crippen molar-refractivity contribution in [3.8, 4) is 5.75 Å². The van der Waals surface area contributed by atoms with Gasteiger partial charge in [0, 0.05) is 26.2 Å². The summed E-state index contributed by atoms with van der Waals surface area (Å²) < 4.78 is 33.3. The van der Waals surface area contributed by atoms with Crippen LogP contribution in [0.2, 0.25) is 5.02 Å². The molecule has 1 fully saturated rings. The fraction of sp³-hybridized carbons (Fsp3) is 0.368. The van der Waals surface area contributed by atoms with Gasteiger partial charge in [0.15, 0.2) is 0 Å². The minimum atomic E-state index is -3.60. The number of anilines is 1. The molecular formula is C19H23ClN2O3S. The van der Waals surface area contributed by atoms with Crippen LogP contribution in [0, 0.1) is 6.92 Å². The minimum absolute atomic E-state index is 0.233. The maximum Gasteiger partial charge on any atom is 0.246 e. The Labute approximate surface area is 160 Å². The molecule has 0 unspecified atom stereocenters. The van der Waals surface area contributed by atoms with E-state index in [1.165, 1.54) is 4.31 Å². The summed E-state index contributed by atoms with van der Waals surface area (Å²) in [6.45, 7) is 6.20. The van der Waals surface area contributed by atoms with Crippen LogP contribution in [-0.2, 0) is 10.0 Å². The number of rotatable bonds is 5. The highest BCUT2D eigenvalue weighted by Gasteiger charge is 2.31. The zero-order valence-corrected chi connectivity index (χ0v) is 16.6. The second-order valence-corrected chi connectivity index (χ2v) is 8.54. The molecule has 0 saturated carbocycles. The van der Waals surface area contributed by atoms with Gasteiger partial charge >= 0.3 is 0 Å². The van der Waals surface area contributed by atoms with E-state index in [1.54, 1.807) is 18.2 Å². The molecule has 1 aliphatic rings. The lowest BCUT2D eigenvalue weighted by Gasteiger charge is -2.36. The standard InChI is InChI=1S/C19H23ClN2O3S/c1-3-25-18-14-15(2)8-9-19(18)26(23,24)22-12-10-21(11-13-22)17-7-5-4-6-16(17)20/h4-9,14H,3,10-13H2,1-2H3. The zero-order valence-electron chi connectivity index (χ0n) is 15.0. The lowest BCUT2D eigenvalue weighted by atomic mass is 10.2. The van der Waals surface area contributed by atoms with Crippen molar-refractivity contribution < 1.29 is 13.2 Å². The molecule has 0 aliphatic carbocycles. The highest BCUT2D eigenvalue weighted by molar-refractivity contribution is 7.89. The topological polar surface area (TPSA) is 49.9 Å². The van der Waals surface area contributed by atoms with Gasteiger partial charge in [-0.2, -0.15) is 4.31 Å². The number of nitrogens with zero attached hydrogens (tertiary/aromatic N) is 2. The first-order chi connectivity index (χ1) is 12.4. The number of halogens is 1. The van der Waals surface area contributed by atoms with E-state index >= 15 is 0 Å². The monoisotopic (exact) mass is 394 g/mol. The number of sulfonamides is 1. The normalized spacial score (nSPS) is 15.9. The maximum atomic E-state index is 13.1. The molecule has 2 aromatic carbocycles. The molecule has 0 aromatic heterocycles. The number of para-hydroxylation sites is 1. The van der Waals surface area contributed by atoms with E-state index in [4.69, 9.17) is 16.3 Å². The molecule has 26 heavy (non-hydrogen) atoms. The number of piperazine rings is 1. The largest absolute Gasteiger partial charge is 0.492 e. The maximum absolute atomic E-state index is 13.1. The van der Waals surface area contributed by atoms with Gasteiger partial charge in [-0.05, 0) is 43.7 Å². The first kappa shape index (κ1) is 19.0. The molecule has 0 bridgehead atoms. The number of aryl methyl sites for hydroxylation is 1. The Kier molecular flexibility index (Phi) is 5.75. The van der Waals surface area contributed by atoms with E-state index in [9.17, 15) is 8.42 Å². The van der Waals surface area contributed by atoms with Crippen molar-refractivity contribution in [1.29, 1.82) is 0 Å². The lowest BCUT2D eigenvalue weighted by Crippen LogP contribution is -2.48. The van der Waals surface area contributed by atoms with Crippen LogP contribution in [-0.4, -0.2) is 45.5 Å². The molecule has 1 saturated heterocycles. The molecular weight excluding hydrogens is 372 g/mol. The minimum Gasteiger partial charge on any atom is -0.492 e. The van der Waals surface area contributed by atoms with Gasteiger partial charge in [-0.1, -0.05) is 29.8 Å². The van der Waals surface area contributed by atoms with E-state index < -0.39 is 10.0 Å². The van der Waals surface area contributed by atoms with Gasteiger partial charge in [0.05, 0.1) is 17.3 Å². The summed E-state index contributed by atoms with van der Waals surface area (Å²) >= 11 is 6.26. The highest BCUT2D eigenvalue weighted by atomic mass is 35.5. The summed E-state index contributed by atoms with van der Waals surface area (Å²) in [5, 5.41) is 0.681. The summed E-state index contributed by atoms with van der Waals surface area (Å²) in [4.78, 5) is 2.35. The molecule has 0 radical (unpaired) electrons. The van der Waals surface area contributed by atoms with Gasteiger partial charge in [0.1, 0.15) is 10.6 Å². The Bertz CT molecular complexity index is 878. The van der Waals surface area contributed by atoms with Crippen molar-refractivity contribution in [2.24, 2.45) is 0 Å². The highest BCUT2D eigenvalue weighted by Crippen LogP contribution is 2.30. The number of hydrogen-bond acceptors (Lipinski definition) is 4. The van der Waals surface area contributed by atoms with E-state index in [0.29, 0.717) is 43.6 Å². The molecule has 0 N–H and O–H groups in total. The van der Waals surface area contributed by atoms with Gasteiger partial charge in [-0.3, -0.25) is 0 Å². The summed E-state index contributed by atoms with van der Waals surface area (Å²) in [6.07, 6.45) is 0. The molecule has 0 spiro atoms. The predicted octanol–water partition coefficient (Wildman–Crippen LogP) is 3.56. The van der Waals surface area contributed by atoms with Crippen LogP contribution in [0.15, 0.2) is 47.4 Å². The van der Waals surface area contributed by atoms with Crippen LogP contribution in [0.4, 0.5) is 5.69 Å². The molecule has 1 heterocycles. The van der Waals surface area contributed by atoms with Crippen LogP contribution >= 0.6 is 11.6 Å². The Morgan fingerprint density at radius 2 is 1.77 bits per heavy atom. The van der Waals surface area contributed by atoms with Gasteiger partial charge < -0.3 is 9.64 Å². The summed E-state index contributed by atoms with van der Waals surface area (Å²) in [5.41, 5.74) is 1.91. The third-order valence-electron chi connectivity index (χ3n) is 4.45. The molecule has 0 atom stereocenters. The Hall–Kier alpha value is -1.76. The third kappa shape index (κ3) is 3.82. The van der Waals surface area contributed by atoms with Crippen molar-refractivity contribution in [3.05, 3.63) is 53.1 Å². The first-order valence-corrected chi connectivity index (χ1v) is 10.5. The van der Waals surface area contributed by atoms with Gasteiger partial charge in [0.25, 0.3) is 0 Å². The number of benzene rings is 2. The lowest BCUT2D eigenvalue weighted by molar-refractivity contribution is 0.327. The average molecular weight is 395 g/mol. The summed E-state index contributed by atoms with van der Waals surface area (Å²) in [6, 6.07) is 12.8. The number of ether oxygens (including phenoxy) is 1. The second kappa shape index (κ2) is 7.86. The van der Waals surface area contributed by atoms with Crippen molar-refractivity contribution in [1.82, 2.24) is 4.31 Å². The second-order valence-electron chi connectivity index (χ2n) is 6.23. The first-order valence-electron chi connectivity index (χ1n) is 8.66. The van der Waals surface area contributed by atoms with E-state index in [1.807, 2.05) is 38.1 Å². The van der Waals surface area contributed by atoms with Crippen LogP contribution in [0.1, 0.15) is 12.5 Å². The van der Waals surface area contributed by atoms with Crippen molar-refractivity contribution in [2.75, 3.05) is 37.7 Å². The van der Waals surface area contributed by atoms with Crippen LogP contribution in [0.5, 0.6) is 5.75 Å². The van der Waals surface area contributed by atoms with Crippen molar-refractivity contribution in [3.63, 3.8) is 0 Å². The van der Waals surface area contributed by atoms with Gasteiger partial charge in [-0.25, -0.2) is 8.42 Å². The fourth-order valence-corrected chi connectivity index (χ4v) is 4.90. The SMILES string of the molecule is CCOc1cc(C)ccc1S(=O)(=O)N1CCN(c2ccccc2Cl)CC1. The Balaban J connectivity index is 1.80. The summed E-state index contributed by atoms with van der Waals surface area (Å²) in [7, 11) is -3.60. The summed E-state index contributed by atoms with van der Waals surface area (Å²) in [5.74, 6) is 0.418. The molecule has 2 aromatic rings.